The fraction of sp³-hybridized carbons (Fsp3) is 0.533. The second-order valence-corrected chi connectivity index (χ2v) is 6.09. The van der Waals surface area contributed by atoms with Crippen molar-refractivity contribution in [3.05, 3.63) is 29.8 Å². The van der Waals surface area contributed by atoms with Crippen LogP contribution in [0.1, 0.15) is 30.1 Å². The largest absolute Gasteiger partial charge is 0.322 e. The van der Waals surface area contributed by atoms with Gasteiger partial charge in [-0.15, -0.1) is 0 Å². The quantitative estimate of drug-likeness (QED) is 0.937. The highest BCUT2D eigenvalue weighted by molar-refractivity contribution is 5.89. The number of amides is 2. The Labute approximate surface area is 133 Å². The van der Waals surface area contributed by atoms with E-state index in [0.717, 1.165) is 17.9 Å². The molecule has 0 atom stereocenters. The fourth-order valence-corrected chi connectivity index (χ4v) is 2.88. The van der Waals surface area contributed by atoms with Crippen LogP contribution in [0, 0.1) is 0 Å². The lowest BCUT2D eigenvalue weighted by atomic mass is 10.2. The molecule has 3 heterocycles. The number of urea groups is 1. The highest BCUT2D eigenvalue weighted by Crippen LogP contribution is 2.39. The van der Waals surface area contributed by atoms with Gasteiger partial charge < -0.3 is 10.2 Å². The number of nitrogens with one attached hydrogen (secondary N) is 1. The zero-order valence-corrected chi connectivity index (χ0v) is 12.8. The third kappa shape index (κ3) is 2.93. The van der Waals surface area contributed by atoms with Gasteiger partial charge in [-0.25, -0.2) is 9.18 Å². The number of fused-ring (bicyclic) bond motifs is 1. The van der Waals surface area contributed by atoms with Crippen LogP contribution in [0.2, 0.25) is 0 Å². The van der Waals surface area contributed by atoms with Crippen LogP contribution in [0.15, 0.2) is 18.5 Å². The van der Waals surface area contributed by atoms with E-state index in [1.54, 1.807) is 11.1 Å². The van der Waals surface area contributed by atoms with Crippen LogP contribution in [0.3, 0.4) is 0 Å². The highest BCUT2D eigenvalue weighted by Gasteiger charge is 2.29. The number of hydrogen-bond acceptors (Lipinski definition) is 3. The number of alkyl halides is 1. The maximum atomic E-state index is 12.4. The lowest BCUT2D eigenvalue weighted by Crippen LogP contribution is -2.40. The Morgan fingerprint density at radius 2 is 2.26 bits per heavy atom. The number of carbonyl (C=O) groups excluding carboxylic acids is 1. The summed E-state index contributed by atoms with van der Waals surface area (Å²) >= 11 is 0. The van der Waals surface area contributed by atoms with Crippen molar-refractivity contribution in [2.45, 2.75) is 38.4 Å². The van der Waals surface area contributed by atoms with E-state index in [4.69, 9.17) is 0 Å². The summed E-state index contributed by atoms with van der Waals surface area (Å²) in [5, 5.41) is 11.4. The van der Waals surface area contributed by atoms with Crippen LogP contribution in [0.4, 0.5) is 14.9 Å². The van der Waals surface area contributed by atoms with E-state index in [-0.39, 0.29) is 12.6 Å². The van der Waals surface area contributed by atoms with E-state index in [9.17, 15) is 9.18 Å². The second kappa shape index (κ2) is 5.68. The Bertz CT molecular complexity index is 719. The van der Waals surface area contributed by atoms with Crippen LogP contribution in [0.25, 0.3) is 0 Å². The van der Waals surface area contributed by atoms with E-state index in [2.05, 4.69) is 21.6 Å². The molecule has 8 heteroatoms. The third-order valence-electron chi connectivity index (χ3n) is 4.30. The molecular weight excluding hydrogens is 299 g/mol. The number of hydrogen-bond donors (Lipinski definition) is 1. The molecule has 0 saturated heterocycles. The Hall–Kier alpha value is -2.38. The SMILES string of the molecule is O=C(Nc1cnn(CCF)c1)N1CCn2nc(C3CC3)cc2C1. The van der Waals surface area contributed by atoms with E-state index in [0.29, 0.717) is 24.7 Å². The molecule has 0 aromatic carbocycles. The van der Waals surface area contributed by atoms with Gasteiger partial charge in [0.05, 0.1) is 42.9 Å². The first-order valence-electron chi connectivity index (χ1n) is 7.94. The smallest absolute Gasteiger partial charge is 0.317 e. The van der Waals surface area contributed by atoms with Gasteiger partial charge in [-0.1, -0.05) is 0 Å². The van der Waals surface area contributed by atoms with Gasteiger partial charge in [-0.3, -0.25) is 9.36 Å². The number of rotatable bonds is 4. The van der Waals surface area contributed by atoms with E-state index in [1.807, 2.05) is 4.68 Å². The summed E-state index contributed by atoms with van der Waals surface area (Å²) in [5.41, 5.74) is 2.83. The number of carbonyl (C=O) groups is 1. The number of halogens is 1. The number of aryl methyl sites for hydroxylation is 1. The van der Waals surface area contributed by atoms with Crippen LogP contribution in [0.5, 0.6) is 0 Å². The van der Waals surface area contributed by atoms with Gasteiger partial charge in [0, 0.05) is 18.7 Å². The van der Waals surface area contributed by atoms with Gasteiger partial charge in [0.2, 0.25) is 0 Å². The van der Waals surface area contributed by atoms with Gasteiger partial charge in [-0.05, 0) is 18.9 Å². The summed E-state index contributed by atoms with van der Waals surface area (Å²) in [5.74, 6) is 0.622. The van der Waals surface area contributed by atoms with Gasteiger partial charge >= 0.3 is 6.03 Å². The zero-order valence-electron chi connectivity index (χ0n) is 12.8. The molecule has 0 spiro atoms. The van der Waals surface area contributed by atoms with E-state index < -0.39 is 6.67 Å². The molecule has 1 N–H and O–H groups in total. The molecule has 1 aliphatic carbocycles. The number of aromatic nitrogens is 4. The van der Waals surface area contributed by atoms with E-state index >= 15 is 0 Å². The maximum absolute atomic E-state index is 12.4. The van der Waals surface area contributed by atoms with Gasteiger partial charge in [-0.2, -0.15) is 10.2 Å². The van der Waals surface area contributed by atoms with Gasteiger partial charge in [0.25, 0.3) is 0 Å². The lowest BCUT2D eigenvalue weighted by molar-refractivity contribution is 0.194. The normalized spacial score (nSPS) is 17.2. The zero-order chi connectivity index (χ0) is 15.8. The molecule has 7 nitrogen and oxygen atoms in total. The molecule has 1 fully saturated rings. The summed E-state index contributed by atoms with van der Waals surface area (Å²) in [6.07, 6.45) is 5.62. The number of nitrogens with zero attached hydrogens (tertiary/aromatic N) is 5. The number of anilines is 1. The first-order chi connectivity index (χ1) is 11.2. The predicted octanol–water partition coefficient (Wildman–Crippen LogP) is 1.97. The van der Waals surface area contributed by atoms with Crippen molar-refractivity contribution in [2.24, 2.45) is 0 Å². The summed E-state index contributed by atoms with van der Waals surface area (Å²) in [4.78, 5) is 14.1. The predicted molar refractivity (Wildman–Crippen MR) is 81.8 cm³/mol. The third-order valence-corrected chi connectivity index (χ3v) is 4.30. The molecule has 0 unspecified atom stereocenters. The molecule has 122 valence electrons. The maximum Gasteiger partial charge on any atom is 0.322 e. The first kappa shape index (κ1) is 14.2. The van der Waals surface area contributed by atoms with E-state index in [1.165, 1.54) is 23.7 Å². The second-order valence-electron chi connectivity index (χ2n) is 6.09. The Morgan fingerprint density at radius 1 is 1.39 bits per heavy atom. The Balaban J connectivity index is 1.40. The van der Waals surface area contributed by atoms with Crippen molar-refractivity contribution in [2.75, 3.05) is 18.5 Å². The molecule has 2 aromatic heterocycles. The van der Waals surface area contributed by atoms with Crippen LogP contribution in [-0.4, -0.2) is 43.7 Å². The Kier molecular flexibility index (Phi) is 3.51. The average Bonchev–Trinajstić information content (AvgIpc) is 3.16. The molecule has 0 radical (unpaired) electrons. The van der Waals surface area contributed by atoms with Crippen LogP contribution >= 0.6 is 0 Å². The standard InChI is InChI=1S/C15H19FN6O/c16-3-4-21-9-12(8-17-21)18-15(23)20-5-6-22-13(10-20)7-14(19-22)11-1-2-11/h7-9,11H,1-6,10H2,(H,18,23). The molecular formula is C15H19FN6O. The van der Waals surface area contributed by atoms with Crippen molar-refractivity contribution >= 4 is 11.7 Å². The van der Waals surface area contributed by atoms with Crippen molar-refractivity contribution < 1.29 is 9.18 Å². The lowest BCUT2D eigenvalue weighted by Gasteiger charge is -2.27. The minimum atomic E-state index is -0.478. The van der Waals surface area contributed by atoms with Gasteiger partial charge in [0.15, 0.2) is 0 Å². The van der Waals surface area contributed by atoms with Crippen molar-refractivity contribution in [3.63, 3.8) is 0 Å². The molecule has 2 aromatic rings. The molecule has 23 heavy (non-hydrogen) atoms. The van der Waals surface area contributed by atoms with Crippen molar-refractivity contribution in [3.8, 4) is 0 Å². The summed E-state index contributed by atoms with van der Waals surface area (Å²) in [6.45, 7) is 1.63. The summed E-state index contributed by atoms with van der Waals surface area (Å²) in [7, 11) is 0. The molecule has 0 bridgehead atoms. The summed E-state index contributed by atoms with van der Waals surface area (Å²) in [6, 6.07) is 1.96. The van der Waals surface area contributed by atoms with Crippen molar-refractivity contribution in [1.29, 1.82) is 0 Å². The Morgan fingerprint density at radius 3 is 3.04 bits per heavy atom. The summed E-state index contributed by atoms with van der Waals surface area (Å²) < 4.78 is 15.8. The highest BCUT2D eigenvalue weighted by atomic mass is 19.1. The fourth-order valence-electron chi connectivity index (χ4n) is 2.88. The molecule has 1 aliphatic heterocycles. The molecule has 4 rings (SSSR count). The van der Waals surface area contributed by atoms with Crippen LogP contribution in [-0.2, 0) is 19.6 Å². The first-order valence-corrected chi connectivity index (χ1v) is 7.94. The molecule has 1 saturated carbocycles. The minimum Gasteiger partial charge on any atom is -0.317 e. The average molecular weight is 318 g/mol. The minimum absolute atomic E-state index is 0.162. The monoisotopic (exact) mass is 318 g/mol. The van der Waals surface area contributed by atoms with Crippen LogP contribution < -0.4 is 5.32 Å². The van der Waals surface area contributed by atoms with Crippen molar-refractivity contribution in [1.82, 2.24) is 24.5 Å². The molecule has 2 aliphatic rings. The molecule has 2 amide bonds. The topological polar surface area (TPSA) is 68.0 Å². The van der Waals surface area contributed by atoms with Gasteiger partial charge in [0.1, 0.15) is 6.67 Å².